The highest BCUT2D eigenvalue weighted by Gasteiger charge is 2.20. The molecule has 0 saturated heterocycles. The number of nitrogens with one attached hydrogen (secondary N) is 2. The summed E-state index contributed by atoms with van der Waals surface area (Å²) in [4.78, 5) is 13.9. The van der Waals surface area contributed by atoms with Gasteiger partial charge in [0.1, 0.15) is 11.3 Å². The average Bonchev–Trinajstić information content (AvgIpc) is 3.29. The average molecular weight is 390 g/mol. The van der Waals surface area contributed by atoms with Gasteiger partial charge in [-0.25, -0.2) is 19.5 Å². The fourth-order valence-electron chi connectivity index (χ4n) is 4.22. The van der Waals surface area contributed by atoms with Crippen LogP contribution in [0.4, 0.5) is 5.95 Å². The number of imidazole rings is 1. The van der Waals surface area contributed by atoms with Crippen LogP contribution in [0.5, 0.6) is 0 Å². The molecule has 0 atom stereocenters. The number of hydrogen-bond donors (Lipinski definition) is 2. The van der Waals surface area contributed by atoms with Crippen LogP contribution >= 0.6 is 0 Å². The van der Waals surface area contributed by atoms with Crippen LogP contribution in [0.3, 0.4) is 0 Å². The van der Waals surface area contributed by atoms with E-state index in [0.29, 0.717) is 18.0 Å². The SMILES string of the molecule is CN[C@H]1CC[C@H](Nc2ncc3c(-c4ccc5nc(C)n(C)c5n4)ccn3n2)CC1. The summed E-state index contributed by atoms with van der Waals surface area (Å²) < 4.78 is 3.89. The Balaban J connectivity index is 1.41. The molecule has 4 aromatic heterocycles. The van der Waals surface area contributed by atoms with Crippen molar-refractivity contribution >= 4 is 22.6 Å². The zero-order chi connectivity index (χ0) is 20.0. The van der Waals surface area contributed by atoms with Crippen LogP contribution in [-0.4, -0.2) is 48.3 Å². The maximum absolute atomic E-state index is 4.83. The van der Waals surface area contributed by atoms with Gasteiger partial charge in [0.25, 0.3) is 0 Å². The number of anilines is 1. The predicted octanol–water partition coefficient (Wildman–Crippen LogP) is 2.93. The van der Waals surface area contributed by atoms with E-state index in [9.17, 15) is 0 Å². The molecule has 0 radical (unpaired) electrons. The zero-order valence-electron chi connectivity index (χ0n) is 17.1. The second-order valence-electron chi connectivity index (χ2n) is 7.88. The number of aromatic nitrogens is 6. The molecular formula is C21H26N8. The smallest absolute Gasteiger partial charge is 0.241 e. The minimum atomic E-state index is 0.434. The van der Waals surface area contributed by atoms with E-state index in [0.717, 1.165) is 46.6 Å². The molecule has 0 spiro atoms. The summed E-state index contributed by atoms with van der Waals surface area (Å²) in [5.74, 6) is 1.63. The molecule has 0 bridgehead atoms. The van der Waals surface area contributed by atoms with Crippen LogP contribution in [0, 0.1) is 6.92 Å². The van der Waals surface area contributed by atoms with Crippen molar-refractivity contribution in [1.29, 1.82) is 0 Å². The summed E-state index contributed by atoms with van der Waals surface area (Å²) >= 11 is 0. The van der Waals surface area contributed by atoms with E-state index in [1.165, 1.54) is 12.8 Å². The molecular weight excluding hydrogens is 364 g/mol. The van der Waals surface area contributed by atoms with Crippen LogP contribution in [0.2, 0.25) is 0 Å². The molecule has 150 valence electrons. The lowest BCUT2D eigenvalue weighted by Gasteiger charge is -2.28. The summed E-state index contributed by atoms with van der Waals surface area (Å²) in [6, 6.07) is 7.15. The third kappa shape index (κ3) is 3.23. The molecule has 0 aliphatic heterocycles. The predicted molar refractivity (Wildman–Crippen MR) is 114 cm³/mol. The van der Waals surface area contributed by atoms with Crippen LogP contribution in [-0.2, 0) is 7.05 Å². The van der Waals surface area contributed by atoms with Crippen molar-refractivity contribution in [1.82, 2.24) is 34.4 Å². The van der Waals surface area contributed by atoms with Gasteiger partial charge in [-0.05, 0) is 57.9 Å². The molecule has 29 heavy (non-hydrogen) atoms. The van der Waals surface area contributed by atoms with Gasteiger partial charge in [0.15, 0.2) is 5.65 Å². The third-order valence-corrected chi connectivity index (χ3v) is 6.10. The van der Waals surface area contributed by atoms with Gasteiger partial charge in [-0.1, -0.05) is 0 Å². The second kappa shape index (κ2) is 7.11. The Labute approximate surface area is 169 Å². The van der Waals surface area contributed by atoms with Crippen molar-refractivity contribution in [3.63, 3.8) is 0 Å². The van der Waals surface area contributed by atoms with Crippen molar-refractivity contribution in [2.45, 2.75) is 44.7 Å². The minimum Gasteiger partial charge on any atom is -0.350 e. The summed E-state index contributed by atoms with van der Waals surface area (Å²) in [6.07, 6.45) is 8.49. The topological polar surface area (TPSA) is 85.0 Å². The number of aryl methyl sites for hydroxylation is 2. The number of rotatable bonds is 4. The van der Waals surface area contributed by atoms with Crippen LogP contribution < -0.4 is 10.6 Å². The molecule has 1 fully saturated rings. The maximum Gasteiger partial charge on any atom is 0.241 e. The lowest BCUT2D eigenvalue weighted by Crippen LogP contribution is -2.35. The molecule has 2 N–H and O–H groups in total. The number of fused-ring (bicyclic) bond motifs is 2. The standard InChI is InChI=1S/C21H26N8/c1-13-24-18-9-8-17(26-20(18)28(13)3)16-10-11-29-19(16)12-23-21(27-29)25-15-6-4-14(22-2)5-7-15/h8-12,14-15,22H,4-7H2,1-3H3,(H,25,27)/t14-,15-. The van der Waals surface area contributed by atoms with Gasteiger partial charge in [-0.15, -0.1) is 5.10 Å². The van der Waals surface area contributed by atoms with Crippen molar-refractivity contribution in [2.75, 3.05) is 12.4 Å². The number of pyridine rings is 1. The van der Waals surface area contributed by atoms with E-state index in [1.807, 2.05) is 60.7 Å². The van der Waals surface area contributed by atoms with E-state index in [2.05, 4.69) is 25.7 Å². The van der Waals surface area contributed by atoms with Gasteiger partial charge in [-0.3, -0.25) is 0 Å². The number of hydrogen-bond acceptors (Lipinski definition) is 6. The van der Waals surface area contributed by atoms with Crippen LogP contribution in [0.15, 0.2) is 30.6 Å². The lowest BCUT2D eigenvalue weighted by molar-refractivity contribution is 0.370. The van der Waals surface area contributed by atoms with Crippen molar-refractivity contribution in [3.8, 4) is 11.3 Å². The Morgan fingerprint density at radius 2 is 1.83 bits per heavy atom. The van der Waals surface area contributed by atoms with Gasteiger partial charge in [0, 0.05) is 30.9 Å². The summed E-state index contributed by atoms with van der Waals surface area (Å²) in [5.41, 5.74) is 4.66. The van der Waals surface area contributed by atoms with Gasteiger partial charge in [-0.2, -0.15) is 0 Å². The fourth-order valence-corrected chi connectivity index (χ4v) is 4.22. The van der Waals surface area contributed by atoms with E-state index >= 15 is 0 Å². The molecule has 1 aliphatic rings. The third-order valence-electron chi connectivity index (χ3n) is 6.10. The molecule has 0 unspecified atom stereocenters. The first-order chi connectivity index (χ1) is 14.1. The van der Waals surface area contributed by atoms with Crippen molar-refractivity contribution < 1.29 is 0 Å². The van der Waals surface area contributed by atoms with Gasteiger partial charge >= 0.3 is 0 Å². The molecule has 0 amide bonds. The van der Waals surface area contributed by atoms with Crippen molar-refractivity contribution in [3.05, 3.63) is 36.4 Å². The highest BCUT2D eigenvalue weighted by atomic mass is 15.3. The van der Waals surface area contributed by atoms with E-state index in [-0.39, 0.29) is 0 Å². The molecule has 5 rings (SSSR count). The first kappa shape index (κ1) is 18.1. The molecule has 8 heteroatoms. The van der Waals surface area contributed by atoms with Crippen molar-refractivity contribution in [2.24, 2.45) is 7.05 Å². The maximum atomic E-state index is 4.83. The molecule has 8 nitrogen and oxygen atoms in total. The largest absolute Gasteiger partial charge is 0.350 e. The van der Waals surface area contributed by atoms with E-state index in [1.54, 1.807) is 0 Å². The molecule has 4 heterocycles. The summed E-state index contributed by atoms with van der Waals surface area (Å²) in [6.45, 7) is 1.99. The molecule has 1 saturated carbocycles. The normalized spacial score (nSPS) is 19.8. The monoisotopic (exact) mass is 390 g/mol. The zero-order valence-corrected chi connectivity index (χ0v) is 17.1. The lowest BCUT2D eigenvalue weighted by atomic mass is 9.91. The Morgan fingerprint density at radius 3 is 2.62 bits per heavy atom. The highest BCUT2D eigenvalue weighted by molar-refractivity contribution is 5.82. The quantitative estimate of drug-likeness (QED) is 0.557. The Morgan fingerprint density at radius 1 is 1.03 bits per heavy atom. The van der Waals surface area contributed by atoms with E-state index in [4.69, 9.17) is 4.98 Å². The summed E-state index contributed by atoms with van der Waals surface area (Å²) in [7, 11) is 4.03. The van der Waals surface area contributed by atoms with Gasteiger partial charge in [0.2, 0.25) is 5.95 Å². The minimum absolute atomic E-state index is 0.434. The van der Waals surface area contributed by atoms with Gasteiger partial charge < -0.3 is 15.2 Å². The fraction of sp³-hybridized carbons (Fsp3) is 0.429. The van der Waals surface area contributed by atoms with Crippen LogP contribution in [0.25, 0.3) is 27.9 Å². The van der Waals surface area contributed by atoms with E-state index < -0.39 is 0 Å². The Bertz CT molecular complexity index is 1170. The van der Waals surface area contributed by atoms with Gasteiger partial charge in [0.05, 0.1) is 17.4 Å². The molecule has 0 aromatic carbocycles. The van der Waals surface area contributed by atoms with Crippen LogP contribution in [0.1, 0.15) is 31.5 Å². The molecule has 1 aliphatic carbocycles. The Hall–Kier alpha value is -3.00. The summed E-state index contributed by atoms with van der Waals surface area (Å²) in [5, 5.41) is 11.5. The second-order valence-corrected chi connectivity index (χ2v) is 7.88. The number of nitrogens with zero attached hydrogens (tertiary/aromatic N) is 6. The first-order valence-electron chi connectivity index (χ1n) is 10.2. The first-order valence-corrected chi connectivity index (χ1v) is 10.2. The highest BCUT2D eigenvalue weighted by Crippen LogP contribution is 2.26. The Kier molecular flexibility index (Phi) is 4.43. The molecule has 4 aromatic rings.